The van der Waals surface area contributed by atoms with Crippen molar-refractivity contribution in [3.63, 3.8) is 0 Å². The Labute approximate surface area is 80.4 Å². The smallest absolute Gasteiger partial charge is 0.150 e. The summed E-state index contributed by atoms with van der Waals surface area (Å²) in [5.74, 6) is 0.353. The van der Waals surface area contributed by atoms with Crippen molar-refractivity contribution in [1.29, 1.82) is 0 Å². The number of carbonyl (C=O) groups excluding carboxylic acids is 1. The van der Waals surface area contributed by atoms with E-state index < -0.39 is 0 Å². The maximum absolute atomic E-state index is 11.6. The summed E-state index contributed by atoms with van der Waals surface area (Å²) in [6.07, 6.45) is 6.66. The normalized spacial score (nSPS) is 28.4. The summed E-state index contributed by atoms with van der Waals surface area (Å²) in [6, 6.07) is 0.620. The number of allylic oxidation sites excluding steroid dienone is 1. The molecule has 1 N–H and O–H groups in total. The van der Waals surface area contributed by atoms with E-state index in [1.54, 1.807) is 0 Å². The molecule has 74 valence electrons. The van der Waals surface area contributed by atoms with Crippen LogP contribution in [0, 0.1) is 0 Å². The number of rotatable bonds is 4. The van der Waals surface area contributed by atoms with E-state index in [0.29, 0.717) is 18.2 Å². The lowest BCUT2D eigenvalue weighted by atomic mass is 9.95. The van der Waals surface area contributed by atoms with E-state index in [1.165, 1.54) is 12.8 Å². The first-order valence-electron chi connectivity index (χ1n) is 5.13. The first kappa shape index (κ1) is 10.5. The van der Waals surface area contributed by atoms with Gasteiger partial charge in [-0.05, 0) is 32.6 Å². The van der Waals surface area contributed by atoms with Crippen molar-refractivity contribution in [3.8, 4) is 0 Å². The van der Waals surface area contributed by atoms with Gasteiger partial charge in [0, 0.05) is 12.5 Å². The van der Waals surface area contributed by atoms with Crippen LogP contribution in [0.3, 0.4) is 0 Å². The maximum Gasteiger partial charge on any atom is 0.150 e. The SMILES string of the molecule is C=CCCC(=O)[C@H]1CCC[C@H](C)N1. The van der Waals surface area contributed by atoms with Crippen molar-refractivity contribution in [1.82, 2.24) is 5.32 Å². The molecule has 1 aliphatic rings. The van der Waals surface area contributed by atoms with Crippen LogP contribution in [0.2, 0.25) is 0 Å². The quantitative estimate of drug-likeness (QED) is 0.672. The van der Waals surface area contributed by atoms with Gasteiger partial charge in [0.1, 0.15) is 5.78 Å². The van der Waals surface area contributed by atoms with Crippen LogP contribution >= 0.6 is 0 Å². The Balaban J connectivity index is 2.32. The molecule has 0 radical (unpaired) electrons. The number of Topliss-reactive ketones (excluding diaryl/α,β-unsaturated/α-hetero) is 1. The first-order valence-corrected chi connectivity index (χ1v) is 5.13. The van der Waals surface area contributed by atoms with Crippen molar-refractivity contribution in [3.05, 3.63) is 12.7 Å². The van der Waals surface area contributed by atoms with Crippen LogP contribution in [0.1, 0.15) is 39.0 Å². The van der Waals surface area contributed by atoms with Crippen LogP contribution in [0.25, 0.3) is 0 Å². The molecule has 1 fully saturated rings. The summed E-state index contributed by atoms with van der Waals surface area (Å²) in [5, 5.41) is 3.34. The molecule has 2 atom stereocenters. The lowest BCUT2D eigenvalue weighted by Gasteiger charge is -2.27. The van der Waals surface area contributed by atoms with Crippen LogP contribution in [0.5, 0.6) is 0 Å². The molecule has 1 heterocycles. The van der Waals surface area contributed by atoms with Gasteiger partial charge in [0.25, 0.3) is 0 Å². The minimum absolute atomic E-state index is 0.115. The van der Waals surface area contributed by atoms with Crippen molar-refractivity contribution in [2.45, 2.75) is 51.1 Å². The predicted octanol–water partition coefficient (Wildman–Crippen LogP) is 2.05. The van der Waals surface area contributed by atoms with Gasteiger partial charge in [-0.25, -0.2) is 0 Å². The summed E-state index contributed by atoms with van der Waals surface area (Å²) in [5.41, 5.74) is 0. The van der Waals surface area contributed by atoms with Crippen LogP contribution in [0.15, 0.2) is 12.7 Å². The van der Waals surface area contributed by atoms with Crippen molar-refractivity contribution >= 4 is 5.78 Å². The lowest BCUT2D eigenvalue weighted by molar-refractivity contribution is -0.121. The number of piperidine rings is 1. The van der Waals surface area contributed by atoms with Gasteiger partial charge in [0.05, 0.1) is 6.04 Å². The third-order valence-electron chi connectivity index (χ3n) is 2.60. The Morgan fingerprint density at radius 3 is 3.00 bits per heavy atom. The summed E-state index contributed by atoms with van der Waals surface area (Å²) >= 11 is 0. The van der Waals surface area contributed by atoms with Gasteiger partial charge in [0.2, 0.25) is 0 Å². The molecule has 0 aliphatic carbocycles. The highest BCUT2D eigenvalue weighted by molar-refractivity contribution is 5.84. The number of ketones is 1. The third-order valence-corrected chi connectivity index (χ3v) is 2.60. The van der Waals surface area contributed by atoms with E-state index in [9.17, 15) is 4.79 Å². The summed E-state index contributed by atoms with van der Waals surface area (Å²) < 4.78 is 0. The van der Waals surface area contributed by atoms with Crippen LogP contribution in [-0.4, -0.2) is 17.9 Å². The molecule has 0 aromatic heterocycles. The Morgan fingerprint density at radius 1 is 1.62 bits per heavy atom. The number of nitrogens with one attached hydrogen (secondary N) is 1. The fourth-order valence-electron chi connectivity index (χ4n) is 1.81. The molecule has 1 saturated heterocycles. The summed E-state index contributed by atoms with van der Waals surface area (Å²) in [4.78, 5) is 11.6. The fourth-order valence-corrected chi connectivity index (χ4v) is 1.81. The molecule has 0 aromatic rings. The second-order valence-electron chi connectivity index (χ2n) is 3.84. The van der Waals surface area contributed by atoms with E-state index in [-0.39, 0.29) is 6.04 Å². The van der Waals surface area contributed by atoms with Crippen molar-refractivity contribution < 1.29 is 4.79 Å². The number of carbonyl (C=O) groups is 1. The van der Waals surface area contributed by atoms with Crippen molar-refractivity contribution in [2.75, 3.05) is 0 Å². The molecule has 2 nitrogen and oxygen atoms in total. The Kier molecular flexibility index (Phi) is 4.16. The van der Waals surface area contributed by atoms with Gasteiger partial charge in [-0.2, -0.15) is 0 Å². The van der Waals surface area contributed by atoms with E-state index in [1.807, 2.05) is 6.08 Å². The topological polar surface area (TPSA) is 29.1 Å². The highest BCUT2D eigenvalue weighted by Gasteiger charge is 2.22. The Hall–Kier alpha value is -0.630. The number of hydrogen-bond donors (Lipinski definition) is 1. The van der Waals surface area contributed by atoms with E-state index in [0.717, 1.165) is 12.8 Å². The second-order valence-corrected chi connectivity index (χ2v) is 3.84. The molecule has 1 rings (SSSR count). The molecule has 13 heavy (non-hydrogen) atoms. The van der Waals surface area contributed by atoms with Gasteiger partial charge in [-0.3, -0.25) is 4.79 Å². The van der Waals surface area contributed by atoms with Gasteiger partial charge in [-0.15, -0.1) is 6.58 Å². The molecule has 0 aromatic carbocycles. The minimum Gasteiger partial charge on any atom is -0.305 e. The Bertz CT molecular complexity index is 189. The highest BCUT2D eigenvalue weighted by Crippen LogP contribution is 2.14. The van der Waals surface area contributed by atoms with Crippen LogP contribution < -0.4 is 5.32 Å². The molecule has 1 aliphatic heterocycles. The van der Waals surface area contributed by atoms with E-state index in [4.69, 9.17) is 0 Å². The first-order chi connectivity index (χ1) is 6.24. The van der Waals surface area contributed by atoms with Crippen LogP contribution in [0.4, 0.5) is 0 Å². The minimum atomic E-state index is 0.115. The maximum atomic E-state index is 11.6. The zero-order valence-electron chi connectivity index (χ0n) is 8.38. The average molecular weight is 181 g/mol. The predicted molar refractivity (Wildman–Crippen MR) is 54.7 cm³/mol. The van der Waals surface area contributed by atoms with Crippen molar-refractivity contribution in [2.24, 2.45) is 0 Å². The standard InChI is InChI=1S/C11H19NO/c1-3-4-8-11(13)10-7-5-6-9(2)12-10/h3,9-10,12H,1,4-8H2,2H3/t9-,10+/m0/s1. The Morgan fingerprint density at radius 2 is 2.38 bits per heavy atom. The molecular weight excluding hydrogens is 162 g/mol. The van der Waals surface area contributed by atoms with Gasteiger partial charge >= 0.3 is 0 Å². The lowest BCUT2D eigenvalue weighted by Crippen LogP contribution is -2.45. The fraction of sp³-hybridized carbons (Fsp3) is 0.727. The van der Waals surface area contributed by atoms with Gasteiger partial charge in [0.15, 0.2) is 0 Å². The monoisotopic (exact) mass is 181 g/mol. The molecule has 0 unspecified atom stereocenters. The molecule has 0 spiro atoms. The number of hydrogen-bond acceptors (Lipinski definition) is 2. The zero-order chi connectivity index (χ0) is 9.68. The molecule has 0 bridgehead atoms. The van der Waals surface area contributed by atoms with E-state index >= 15 is 0 Å². The zero-order valence-corrected chi connectivity index (χ0v) is 8.38. The highest BCUT2D eigenvalue weighted by atomic mass is 16.1. The molecule has 0 amide bonds. The average Bonchev–Trinajstić information content (AvgIpc) is 2.14. The van der Waals surface area contributed by atoms with Gasteiger partial charge in [-0.1, -0.05) is 6.08 Å². The van der Waals surface area contributed by atoms with Gasteiger partial charge < -0.3 is 5.32 Å². The molecule has 0 saturated carbocycles. The summed E-state index contributed by atoms with van der Waals surface area (Å²) in [7, 11) is 0. The second kappa shape index (κ2) is 5.18. The molecule has 2 heteroatoms. The van der Waals surface area contributed by atoms with Crippen LogP contribution in [-0.2, 0) is 4.79 Å². The molecular formula is C11H19NO. The largest absolute Gasteiger partial charge is 0.305 e. The summed E-state index contributed by atoms with van der Waals surface area (Å²) in [6.45, 7) is 5.77. The van der Waals surface area contributed by atoms with E-state index in [2.05, 4.69) is 18.8 Å². The third kappa shape index (κ3) is 3.31.